The number of benzene rings is 2. The Morgan fingerprint density at radius 3 is 2.53 bits per heavy atom. The molecule has 32 heavy (non-hydrogen) atoms. The number of aromatic nitrogens is 3. The van der Waals surface area contributed by atoms with Gasteiger partial charge in [0.15, 0.2) is 10.9 Å². The highest BCUT2D eigenvalue weighted by Gasteiger charge is 2.19. The van der Waals surface area contributed by atoms with Gasteiger partial charge in [-0.3, -0.25) is 14.2 Å². The molecule has 0 atom stereocenters. The Labute approximate surface area is 190 Å². The predicted octanol–water partition coefficient (Wildman–Crippen LogP) is 4.43. The van der Waals surface area contributed by atoms with E-state index >= 15 is 0 Å². The molecule has 0 amide bonds. The van der Waals surface area contributed by atoms with E-state index in [9.17, 15) is 9.59 Å². The number of fused-ring (bicyclic) bond motifs is 1. The van der Waals surface area contributed by atoms with Gasteiger partial charge in [0.2, 0.25) is 0 Å². The van der Waals surface area contributed by atoms with Crippen molar-refractivity contribution in [2.45, 2.75) is 25.5 Å². The molecule has 0 spiro atoms. The number of carbonyl (C=O) groups is 1. The second-order valence-corrected chi connectivity index (χ2v) is 8.47. The fourth-order valence-electron chi connectivity index (χ4n) is 3.86. The van der Waals surface area contributed by atoms with Gasteiger partial charge in [-0.2, -0.15) is 0 Å². The van der Waals surface area contributed by atoms with Crippen molar-refractivity contribution in [3.05, 3.63) is 88.0 Å². The third-order valence-electron chi connectivity index (χ3n) is 5.42. The van der Waals surface area contributed by atoms with E-state index < -0.39 is 0 Å². The third kappa shape index (κ3) is 4.26. The maximum Gasteiger partial charge on any atom is 0.262 e. The minimum Gasteiger partial charge on any atom is -0.383 e. The Balaban J connectivity index is 1.63. The number of hydrogen-bond donors (Lipinski definition) is 0. The van der Waals surface area contributed by atoms with Crippen LogP contribution in [0.2, 0.25) is 0 Å². The quantitative estimate of drug-likeness (QED) is 0.227. The van der Waals surface area contributed by atoms with Crippen LogP contribution in [0.5, 0.6) is 0 Å². The average Bonchev–Trinajstić information content (AvgIpc) is 3.11. The predicted molar refractivity (Wildman–Crippen MR) is 128 cm³/mol. The van der Waals surface area contributed by atoms with Crippen LogP contribution in [0, 0.1) is 13.8 Å². The van der Waals surface area contributed by atoms with Crippen molar-refractivity contribution in [1.29, 1.82) is 0 Å². The number of Topliss-reactive ketones (excluding diaryl/α,β-unsaturated/α-hetero) is 1. The van der Waals surface area contributed by atoms with Crippen LogP contribution in [0.3, 0.4) is 0 Å². The number of ketones is 1. The molecule has 0 fully saturated rings. The number of carbonyl (C=O) groups excluding carboxylic acids is 1. The molecule has 0 N–H and O–H groups in total. The maximum absolute atomic E-state index is 13.1. The fourth-order valence-corrected chi connectivity index (χ4v) is 4.77. The zero-order valence-corrected chi connectivity index (χ0v) is 19.2. The summed E-state index contributed by atoms with van der Waals surface area (Å²) in [4.78, 5) is 30.8. The van der Waals surface area contributed by atoms with E-state index in [0.717, 1.165) is 17.1 Å². The highest BCUT2D eigenvalue weighted by Crippen LogP contribution is 2.24. The second kappa shape index (κ2) is 9.54. The van der Waals surface area contributed by atoms with Crippen LogP contribution in [0.25, 0.3) is 16.6 Å². The Morgan fingerprint density at radius 2 is 1.78 bits per heavy atom. The van der Waals surface area contributed by atoms with Crippen molar-refractivity contribution >= 4 is 28.4 Å². The van der Waals surface area contributed by atoms with Gasteiger partial charge in [0.05, 0.1) is 29.8 Å². The van der Waals surface area contributed by atoms with Crippen LogP contribution < -0.4 is 5.56 Å². The molecule has 4 rings (SSSR count). The standard InChI is InChI=1S/C25H25N3O3S/c1-17-15-21(18(2)28(17)19-9-5-4-6-10-19)23(29)16-32-25-26-22-12-8-7-11-20(22)24(30)27(25)13-14-31-3/h4-12,15H,13-14,16H2,1-3H3. The lowest BCUT2D eigenvalue weighted by molar-refractivity contribution is 0.102. The van der Waals surface area contributed by atoms with E-state index in [0.29, 0.717) is 34.8 Å². The van der Waals surface area contributed by atoms with E-state index in [1.165, 1.54) is 11.8 Å². The Morgan fingerprint density at radius 1 is 1.06 bits per heavy atom. The molecular weight excluding hydrogens is 422 g/mol. The molecule has 0 aliphatic carbocycles. The largest absolute Gasteiger partial charge is 0.383 e. The molecule has 0 unspecified atom stereocenters. The molecule has 0 saturated heterocycles. The first-order valence-electron chi connectivity index (χ1n) is 10.4. The summed E-state index contributed by atoms with van der Waals surface area (Å²) in [7, 11) is 1.60. The molecule has 6 nitrogen and oxygen atoms in total. The van der Waals surface area contributed by atoms with Crippen LogP contribution in [0.1, 0.15) is 21.7 Å². The number of hydrogen-bond acceptors (Lipinski definition) is 5. The Bertz CT molecular complexity index is 1330. The highest BCUT2D eigenvalue weighted by molar-refractivity contribution is 7.99. The summed E-state index contributed by atoms with van der Waals surface area (Å²) in [6.45, 7) is 4.73. The van der Waals surface area contributed by atoms with Crippen LogP contribution in [0.4, 0.5) is 0 Å². The van der Waals surface area contributed by atoms with Gasteiger partial charge in [-0.25, -0.2) is 4.98 Å². The summed E-state index contributed by atoms with van der Waals surface area (Å²) in [6, 6.07) is 19.2. The Kier molecular flexibility index (Phi) is 6.58. The van der Waals surface area contributed by atoms with E-state index in [4.69, 9.17) is 4.74 Å². The van der Waals surface area contributed by atoms with Crippen molar-refractivity contribution in [2.24, 2.45) is 0 Å². The molecule has 2 heterocycles. The van der Waals surface area contributed by atoms with Crippen LogP contribution in [-0.2, 0) is 11.3 Å². The van der Waals surface area contributed by atoms with Gasteiger partial charge in [0.1, 0.15) is 0 Å². The first-order chi connectivity index (χ1) is 15.5. The molecule has 4 aromatic rings. The lowest BCUT2D eigenvalue weighted by Gasteiger charge is -2.12. The molecule has 0 aliphatic rings. The zero-order valence-electron chi connectivity index (χ0n) is 18.4. The average molecular weight is 448 g/mol. The monoisotopic (exact) mass is 447 g/mol. The maximum atomic E-state index is 13.1. The number of thioether (sulfide) groups is 1. The number of rotatable bonds is 8. The fraction of sp³-hybridized carbons (Fsp3) is 0.240. The van der Waals surface area contributed by atoms with E-state index in [2.05, 4.69) is 9.55 Å². The minimum atomic E-state index is -0.121. The number of nitrogens with zero attached hydrogens (tertiary/aromatic N) is 3. The van der Waals surface area contributed by atoms with Crippen molar-refractivity contribution in [3.63, 3.8) is 0 Å². The number of ether oxygens (including phenoxy) is 1. The van der Waals surface area contributed by atoms with E-state index in [1.54, 1.807) is 17.7 Å². The summed E-state index contributed by atoms with van der Waals surface area (Å²) in [5.74, 6) is 0.197. The summed E-state index contributed by atoms with van der Waals surface area (Å²) >= 11 is 1.29. The number of para-hydroxylation sites is 2. The SMILES string of the molecule is COCCn1c(SCC(=O)c2cc(C)n(-c3ccccc3)c2C)nc2ccccc2c1=O. The lowest BCUT2D eigenvalue weighted by Crippen LogP contribution is -2.25. The molecular formula is C25H25N3O3S. The van der Waals surface area contributed by atoms with Crippen molar-refractivity contribution < 1.29 is 9.53 Å². The molecule has 2 aromatic carbocycles. The van der Waals surface area contributed by atoms with Gasteiger partial charge in [-0.15, -0.1) is 0 Å². The third-order valence-corrected chi connectivity index (χ3v) is 6.40. The van der Waals surface area contributed by atoms with Gasteiger partial charge >= 0.3 is 0 Å². The normalized spacial score (nSPS) is 11.2. The molecule has 0 aliphatic heterocycles. The second-order valence-electron chi connectivity index (χ2n) is 7.53. The Hall–Kier alpha value is -3.16. The van der Waals surface area contributed by atoms with Crippen LogP contribution in [0.15, 0.2) is 70.6 Å². The minimum absolute atomic E-state index is 0.00554. The topological polar surface area (TPSA) is 66.1 Å². The van der Waals surface area contributed by atoms with Gasteiger partial charge in [0.25, 0.3) is 5.56 Å². The smallest absolute Gasteiger partial charge is 0.262 e. The van der Waals surface area contributed by atoms with Crippen molar-refractivity contribution in [3.8, 4) is 5.69 Å². The summed E-state index contributed by atoms with van der Waals surface area (Å²) in [6.07, 6.45) is 0. The molecule has 7 heteroatoms. The van der Waals surface area contributed by atoms with E-state index in [1.807, 2.05) is 68.4 Å². The molecule has 0 radical (unpaired) electrons. The van der Waals surface area contributed by atoms with Gasteiger partial charge in [-0.1, -0.05) is 42.1 Å². The van der Waals surface area contributed by atoms with Gasteiger partial charge in [0, 0.05) is 29.7 Å². The zero-order chi connectivity index (χ0) is 22.7. The first-order valence-corrected chi connectivity index (χ1v) is 11.4. The number of methoxy groups -OCH3 is 1. The van der Waals surface area contributed by atoms with E-state index in [-0.39, 0.29) is 17.1 Å². The van der Waals surface area contributed by atoms with Crippen LogP contribution >= 0.6 is 11.8 Å². The number of aryl methyl sites for hydroxylation is 1. The molecule has 2 aromatic heterocycles. The molecule has 164 valence electrons. The first kappa shape index (κ1) is 22.0. The van der Waals surface area contributed by atoms with Gasteiger partial charge < -0.3 is 9.30 Å². The molecule has 0 bridgehead atoms. The van der Waals surface area contributed by atoms with Gasteiger partial charge in [-0.05, 0) is 44.2 Å². The van der Waals surface area contributed by atoms with Crippen molar-refractivity contribution in [2.75, 3.05) is 19.5 Å². The summed E-state index contributed by atoms with van der Waals surface area (Å²) in [5.41, 5.74) is 4.13. The van der Waals surface area contributed by atoms with Crippen LogP contribution in [-0.4, -0.2) is 39.4 Å². The summed E-state index contributed by atoms with van der Waals surface area (Å²) < 4.78 is 8.85. The highest BCUT2D eigenvalue weighted by atomic mass is 32.2. The summed E-state index contributed by atoms with van der Waals surface area (Å²) in [5, 5.41) is 1.08. The van der Waals surface area contributed by atoms with Crippen molar-refractivity contribution in [1.82, 2.24) is 14.1 Å². The lowest BCUT2D eigenvalue weighted by atomic mass is 10.2. The molecule has 0 saturated carbocycles.